The molecule has 0 radical (unpaired) electrons. The Hall–Kier alpha value is -2.74. The molecule has 2 aliphatic heterocycles. The third kappa shape index (κ3) is 3.32. The number of rotatable bonds is 5. The first-order chi connectivity index (χ1) is 13.1. The van der Waals surface area contributed by atoms with Gasteiger partial charge in [-0.15, -0.1) is 0 Å². The summed E-state index contributed by atoms with van der Waals surface area (Å²) in [5.74, 6) is 0.153. The lowest BCUT2D eigenvalue weighted by molar-refractivity contribution is -0.118. The van der Waals surface area contributed by atoms with Crippen LogP contribution in [0.2, 0.25) is 0 Å². The number of ether oxygens (including phenoxy) is 1. The molecule has 1 atom stereocenters. The highest BCUT2D eigenvalue weighted by Gasteiger charge is 2.54. The van der Waals surface area contributed by atoms with Crippen LogP contribution in [0.3, 0.4) is 0 Å². The van der Waals surface area contributed by atoms with Crippen molar-refractivity contribution in [3.63, 3.8) is 0 Å². The Kier molecular flexibility index (Phi) is 4.65. The minimum absolute atomic E-state index is 0.0662. The van der Waals surface area contributed by atoms with E-state index in [0.717, 1.165) is 12.8 Å². The Morgan fingerprint density at radius 2 is 2.22 bits per heavy atom. The van der Waals surface area contributed by atoms with Gasteiger partial charge in [0.2, 0.25) is 0 Å². The predicted molar refractivity (Wildman–Crippen MR) is 97.1 cm³/mol. The highest BCUT2D eigenvalue weighted by atomic mass is 16.5. The molecule has 2 amide bonds. The summed E-state index contributed by atoms with van der Waals surface area (Å²) in [7, 11) is 1.85. The normalized spacial score (nSPS) is 20.5. The molecule has 4 heterocycles. The van der Waals surface area contributed by atoms with Gasteiger partial charge in [0.25, 0.3) is 11.8 Å². The van der Waals surface area contributed by atoms with Gasteiger partial charge < -0.3 is 19.5 Å². The highest BCUT2D eigenvalue weighted by Crippen LogP contribution is 2.41. The third-order valence-electron chi connectivity index (χ3n) is 5.54. The van der Waals surface area contributed by atoms with Gasteiger partial charge in [0.1, 0.15) is 17.0 Å². The number of hydrogen-bond donors (Lipinski definition) is 1. The van der Waals surface area contributed by atoms with E-state index in [1.165, 1.54) is 12.4 Å². The van der Waals surface area contributed by atoms with Crippen LogP contribution in [0.25, 0.3) is 0 Å². The van der Waals surface area contributed by atoms with Gasteiger partial charge in [-0.25, -0.2) is 4.98 Å². The van der Waals surface area contributed by atoms with Gasteiger partial charge in [0.05, 0.1) is 19.3 Å². The van der Waals surface area contributed by atoms with Crippen molar-refractivity contribution in [1.82, 2.24) is 24.8 Å². The summed E-state index contributed by atoms with van der Waals surface area (Å²) in [6.45, 7) is 2.43. The van der Waals surface area contributed by atoms with Gasteiger partial charge in [-0.3, -0.25) is 14.6 Å². The predicted octanol–water partition coefficient (Wildman–Crippen LogP) is 0.866. The SMILES string of the molecule is Cn1cccc1C(=O)NCC[C@@H]1CCOC12CN(C(=O)c1cnccn1)C2. The Labute approximate surface area is 157 Å². The van der Waals surface area contributed by atoms with Crippen LogP contribution in [0.1, 0.15) is 33.8 Å². The molecule has 8 heteroatoms. The first-order valence-electron chi connectivity index (χ1n) is 9.18. The van der Waals surface area contributed by atoms with E-state index in [-0.39, 0.29) is 17.4 Å². The summed E-state index contributed by atoms with van der Waals surface area (Å²) < 4.78 is 7.81. The topological polar surface area (TPSA) is 89.4 Å². The van der Waals surface area contributed by atoms with Gasteiger partial charge in [-0.2, -0.15) is 0 Å². The van der Waals surface area contributed by atoms with Crippen LogP contribution in [0, 0.1) is 5.92 Å². The molecule has 142 valence electrons. The number of carbonyl (C=O) groups excluding carboxylic acids is 2. The molecule has 2 aliphatic rings. The fourth-order valence-electron chi connectivity index (χ4n) is 4.00. The molecule has 2 aromatic rings. The van der Waals surface area contributed by atoms with Crippen LogP contribution in [0.4, 0.5) is 0 Å². The van der Waals surface area contributed by atoms with Crippen LogP contribution >= 0.6 is 0 Å². The molecule has 0 saturated carbocycles. The molecule has 2 aromatic heterocycles. The van der Waals surface area contributed by atoms with Crippen molar-refractivity contribution in [2.75, 3.05) is 26.2 Å². The largest absolute Gasteiger partial charge is 0.371 e. The van der Waals surface area contributed by atoms with E-state index in [1.807, 2.05) is 19.3 Å². The second-order valence-electron chi connectivity index (χ2n) is 7.20. The molecular formula is C19H23N5O3. The lowest BCUT2D eigenvalue weighted by Crippen LogP contribution is -2.66. The number of carbonyl (C=O) groups is 2. The highest BCUT2D eigenvalue weighted by molar-refractivity contribution is 5.93. The number of nitrogens with one attached hydrogen (secondary N) is 1. The van der Waals surface area contributed by atoms with Gasteiger partial charge in [0, 0.05) is 38.8 Å². The van der Waals surface area contributed by atoms with Gasteiger partial charge in [0.15, 0.2) is 0 Å². The first kappa shape index (κ1) is 17.7. The fourth-order valence-corrected chi connectivity index (χ4v) is 4.00. The fraction of sp³-hybridized carbons (Fsp3) is 0.474. The Morgan fingerprint density at radius 1 is 1.37 bits per heavy atom. The first-order valence-corrected chi connectivity index (χ1v) is 9.18. The van der Waals surface area contributed by atoms with E-state index in [2.05, 4.69) is 15.3 Å². The van der Waals surface area contributed by atoms with Gasteiger partial charge in [-0.05, 0) is 30.9 Å². The summed E-state index contributed by atoms with van der Waals surface area (Å²) >= 11 is 0. The van der Waals surface area contributed by atoms with E-state index >= 15 is 0 Å². The van der Waals surface area contributed by atoms with E-state index < -0.39 is 0 Å². The zero-order chi connectivity index (χ0) is 18.9. The van der Waals surface area contributed by atoms with Crippen molar-refractivity contribution >= 4 is 11.8 Å². The molecule has 2 fully saturated rings. The summed E-state index contributed by atoms with van der Waals surface area (Å²) in [5.41, 5.74) is 0.724. The lowest BCUT2D eigenvalue weighted by Gasteiger charge is -2.50. The number of hydrogen-bond acceptors (Lipinski definition) is 5. The maximum Gasteiger partial charge on any atom is 0.274 e. The van der Waals surface area contributed by atoms with E-state index in [0.29, 0.717) is 43.5 Å². The van der Waals surface area contributed by atoms with Crippen molar-refractivity contribution in [3.05, 3.63) is 48.3 Å². The summed E-state index contributed by atoms with van der Waals surface area (Å²) in [4.78, 5) is 34.4. The average Bonchev–Trinajstić information content (AvgIpc) is 3.27. The quantitative estimate of drug-likeness (QED) is 0.845. The van der Waals surface area contributed by atoms with Crippen LogP contribution in [0.5, 0.6) is 0 Å². The molecule has 1 spiro atoms. The summed E-state index contributed by atoms with van der Waals surface area (Å²) in [5, 5.41) is 2.98. The Morgan fingerprint density at radius 3 is 2.93 bits per heavy atom. The average molecular weight is 369 g/mol. The zero-order valence-corrected chi connectivity index (χ0v) is 15.3. The molecule has 0 unspecified atom stereocenters. The van der Waals surface area contributed by atoms with Crippen molar-refractivity contribution in [2.24, 2.45) is 13.0 Å². The molecule has 0 bridgehead atoms. The molecule has 4 rings (SSSR count). The van der Waals surface area contributed by atoms with Crippen LogP contribution in [-0.2, 0) is 11.8 Å². The minimum atomic E-state index is -0.284. The molecular weight excluding hydrogens is 346 g/mol. The van der Waals surface area contributed by atoms with Crippen LogP contribution < -0.4 is 5.32 Å². The van der Waals surface area contributed by atoms with Crippen molar-refractivity contribution in [3.8, 4) is 0 Å². The molecule has 2 saturated heterocycles. The van der Waals surface area contributed by atoms with E-state index in [9.17, 15) is 9.59 Å². The Balaban J connectivity index is 1.29. The van der Waals surface area contributed by atoms with E-state index in [4.69, 9.17) is 4.74 Å². The van der Waals surface area contributed by atoms with Crippen LogP contribution in [0.15, 0.2) is 36.9 Å². The summed E-state index contributed by atoms with van der Waals surface area (Å²) in [6, 6.07) is 3.66. The third-order valence-corrected chi connectivity index (χ3v) is 5.54. The van der Waals surface area contributed by atoms with Crippen LogP contribution in [-0.4, -0.2) is 63.1 Å². The van der Waals surface area contributed by atoms with Crippen molar-refractivity contribution in [1.29, 1.82) is 0 Å². The molecule has 8 nitrogen and oxygen atoms in total. The smallest absolute Gasteiger partial charge is 0.274 e. The number of amides is 2. The zero-order valence-electron chi connectivity index (χ0n) is 15.3. The Bertz CT molecular complexity index is 829. The monoisotopic (exact) mass is 369 g/mol. The minimum Gasteiger partial charge on any atom is -0.371 e. The van der Waals surface area contributed by atoms with Gasteiger partial charge >= 0.3 is 0 Å². The number of likely N-dealkylation sites (tertiary alicyclic amines) is 1. The summed E-state index contributed by atoms with van der Waals surface area (Å²) in [6.07, 6.45) is 8.20. The van der Waals surface area contributed by atoms with Gasteiger partial charge in [-0.1, -0.05) is 0 Å². The lowest BCUT2D eigenvalue weighted by atomic mass is 9.78. The molecule has 0 aliphatic carbocycles. The van der Waals surface area contributed by atoms with Crippen molar-refractivity contribution in [2.45, 2.75) is 18.4 Å². The maximum absolute atomic E-state index is 12.4. The molecule has 0 aromatic carbocycles. The standard InChI is InChI=1S/C19H23N5O3/c1-23-9-2-3-16(23)17(25)22-6-4-14-5-10-27-19(14)12-24(13-19)18(26)15-11-20-7-8-21-15/h2-3,7-9,11,14H,4-6,10,12-13H2,1H3,(H,22,25)/t14-/m1/s1. The number of nitrogens with zero attached hydrogens (tertiary/aromatic N) is 4. The van der Waals surface area contributed by atoms with Crippen molar-refractivity contribution < 1.29 is 14.3 Å². The van der Waals surface area contributed by atoms with E-state index in [1.54, 1.807) is 21.7 Å². The molecule has 1 N–H and O–H groups in total. The second kappa shape index (κ2) is 7.11. The second-order valence-corrected chi connectivity index (χ2v) is 7.20. The number of aromatic nitrogens is 3. The maximum atomic E-state index is 12.4. The number of aryl methyl sites for hydroxylation is 1. The molecule has 27 heavy (non-hydrogen) atoms.